The van der Waals surface area contributed by atoms with Crippen LogP contribution >= 0.6 is 11.6 Å². The Morgan fingerprint density at radius 3 is 2.08 bits per heavy atom. The van der Waals surface area contributed by atoms with E-state index in [2.05, 4.69) is 16.1 Å². The van der Waals surface area contributed by atoms with Gasteiger partial charge in [0, 0.05) is 11.6 Å². The van der Waals surface area contributed by atoms with Crippen molar-refractivity contribution in [3.63, 3.8) is 0 Å². The van der Waals surface area contributed by atoms with E-state index in [1.807, 2.05) is 0 Å². The minimum atomic E-state index is -1.93. The van der Waals surface area contributed by atoms with Crippen molar-refractivity contribution in [1.82, 2.24) is 21.1 Å². The van der Waals surface area contributed by atoms with Crippen LogP contribution in [0.25, 0.3) is 0 Å². The zero-order valence-electron chi connectivity index (χ0n) is 27.2. The van der Waals surface area contributed by atoms with Gasteiger partial charge in [-0.25, -0.2) is 13.8 Å². The molecule has 0 aliphatic heterocycles. The van der Waals surface area contributed by atoms with Gasteiger partial charge in [-0.2, -0.15) is 8.78 Å². The minimum Gasteiger partial charge on any atom is -0.477 e. The average Bonchev–Trinajstić information content (AvgIpc) is 3.05. The highest BCUT2D eigenvalue weighted by atomic mass is 35.5. The molecule has 0 aliphatic rings. The van der Waals surface area contributed by atoms with Crippen molar-refractivity contribution in [2.45, 2.75) is 39.8 Å². The van der Waals surface area contributed by atoms with Crippen LogP contribution in [0.15, 0.2) is 54.6 Å². The van der Waals surface area contributed by atoms with E-state index in [9.17, 15) is 41.5 Å². The molecule has 3 aromatic rings. The second-order valence-electron chi connectivity index (χ2n) is 11.7. The Kier molecular flexibility index (Phi) is 13.1. The van der Waals surface area contributed by atoms with Crippen molar-refractivity contribution >= 4 is 46.9 Å². The summed E-state index contributed by atoms with van der Waals surface area (Å²) in [5, 5.41) is 5.66. The number of nitrogen functional groups attached to an aromatic ring is 1. The van der Waals surface area contributed by atoms with Crippen LogP contribution in [0.2, 0.25) is 5.02 Å². The van der Waals surface area contributed by atoms with Gasteiger partial charge < -0.3 is 25.8 Å². The lowest BCUT2D eigenvalue weighted by Crippen LogP contribution is -2.57. The smallest absolute Gasteiger partial charge is 0.327 e. The highest BCUT2D eigenvalue weighted by Gasteiger charge is 2.36. The predicted molar refractivity (Wildman–Crippen MR) is 172 cm³/mol. The lowest BCUT2D eigenvalue weighted by atomic mass is 9.85. The molecule has 0 radical (unpaired) electrons. The first-order chi connectivity index (χ1) is 23.4. The van der Waals surface area contributed by atoms with Crippen LogP contribution in [0.3, 0.4) is 0 Å². The van der Waals surface area contributed by atoms with E-state index in [1.54, 1.807) is 39.0 Å². The molecule has 3 rings (SSSR count). The number of halogens is 5. The van der Waals surface area contributed by atoms with Gasteiger partial charge in [-0.1, -0.05) is 62.7 Å². The standard InChI is InChI=1S/C33H34ClF4N5O7/c1-5-49-24(45)15-43(23(44)16-50-28-25(37)20(35)14-21(36)26(28)38)42-31(47)27(17-9-7-6-8-10-17)40-32(48)29(33(2,3)4)41-30(46)18-11-12-22(39)19(34)13-18/h6-14,27,29H,5,15-16,39H2,1-4H3,(H,40,48)(H,41,46)(H,42,47)/t27-,29+/m0/s1. The first-order valence-corrected chi connectivity index (χ1v) is 15.3. The quantitative estimate of drug-likeness (QED) is 0.0716. The van der Waals surface area contributed by atoms with Crippen LogP contribution in [-0.2, 0) is 23.9 Å². The number of carbonyl (C=O) groups is 5. The summed E-state index contributed by atoms with van der Waals surface area (Å²) in [5.41, 5.74) is 7.47. The van der Waals surface area contributed by atoms with Gasteiger partial charge in [0.2, 0.25) is 17.5 Å². The molecule has 12 nitrogen and oxygen atoms in total. The second kappa shape index (κ2) is 16.8. The zero-order valence-corrected chi connectivity index (χ0v) is 28.0. The van der Waals surface area contributed by atoms with E-state index >= 15 is 0 Å². The van der Waals surface area contributed by atoms with Crippen molar-refractivity contribution in [2.24, 2.45) is 5.41 Å². The van der Waals surface area contributed by atoms with Crippen LogP contribution < -0.4 is 26.5 Å². The number of amides is 4. The van der Waals surface area contributed by atoms with Crippen LogP contribution in [-0.4, -0.2) is 60.4 Å². The van der Waals surface area contributed by atoms with Gasteiger partial charge in [0.15, 0.2) is 24.0 Å². The number of nitrogens with zero attached hydrogens (tertiary/aromatic N) is 1. The molecule has 0 aliphatic carbocycles. The largest absolute Gasteiger partial charge is 0.477 e. The lowest BCUT2D eigenvalue weighted by molar-refractivity contribution is -0.154. The Labute approximate surface area is 289 Å². The fourth-order valence-corrected chi connectivity index (χ4v) is 4.52. The Hall–Kier alpha value is -5.38. The number of esters is 1. The summed E-state index contributed by atoms with van der Waals surface area (Å²) < 4.78 is 65.1. The molecule has 5 N–H and O–H groups in total. The Morgan fingerprint density at radius 2 is 1.52 bits per heavy atom. The number of hydrogen-bond donors (Lipinski definition) is 4. The third-order valence-corrected chi connectivity index (χ3v) is 7.23. The highest BCUT2D eigenvalue weighted by Crippen LogP contribution is 2.27. The van der Waals surface area contributed by atoms with Crippen LogP contribution in [0.4, 0.5) is 23.2 Å². The topological polar surface area (TPSA) is 169 Å². The number of nitrogens with one attached hydrogen (secondary N) is 3. The van der Waals surface area contributed by atoms with E-state index in [4.69, 9.17) is 26.8 Å². The van der Waals surface area contributed by atoms with E-state index in [1.165, 1.54) is 37.3 Å². The van der Waals surface area contributed by atoms with Gasteiger partial charge in [0.25, 0.3) is 17.7 Å². The Bertz CT molecular complexity index is 1730. The molecule has 0 fully saturated rings. The summed E-state index contributed by atoms with van der Waals surface area (Å²) in [4.78, 5) is 66.1. The molecule has 50 heavy (non-hydrogen) atoms. The molecule has 0 heterocycles. The first-order valence-electron chi connectivity index (χ1n) is 14.9. The van der Waals surface area contributed by atoms with E-state index < -0.39 is 89.3 Å². The number of nitrogens with two attached hydrogens (primary N) is 1. The van der Waals surface area contributed by atoms with Gasteiger partial charge in [-0.3, -0.25) is 29.4 Å². The fraction of sp³-hybridized carbons (Fsp3) is 0.303. The summed E-state index contributed by atoms with van der Waals surface area (Å²) in [6.07, 6.45) is 0. The molecule has 0 unspecified atom stereocenters. The van der Waals surface area contributed by atoms with Crippen LogP contribution in [0.5, 0.6) is 5.75 Å². The first kappa shape index (κ1) is 39.1. The maximum atomic E-state index is 14.1. The number of rotatable bonds is 12. The molecule has 0 spiro atoms. The SMILES string of the molecule is CCOC(=O)CN(NC(=O)[C@@H](NC(=O)[C@@H](NC(=O)c1ccc(N)c(Cl)c1)C(C)(C)C)c1ccccc1)C(=O)COc1c(F)c(F)cc(F)c1F. The molecule has 0 aromatic heterocycles. The summed E-state index contributed by atoms with van der Waals surface area (Å²) in [6, 6.07) is 8.90. The van der Waals surface area contributed by atoms with E-state index in [-0.39, 0.29) is 34.5 Å². The second-order valence-corrected chi connectivity index (χ2v) is 12.1. The van der Waals surface area contributed by atoms with Crippen molar-refractivity contribution in [1.29, 1.82) is 0 Å². The summed E-state index contributed by atoms with van der Waals surface area (Å²) in [7, 11) is 0. The molecule has 0 bridgehead atoms. The molecule has 17 heteroatoms. The van der Waals surface area contributed by atoms with E-state index in [0.717, 1.165) is 0 Å². The molecule has 268 valence electrons. The molecular formula is C33H34ClF4N5O7. The van der Waals surface area contributed by atoms with Gasteiger partial charge in [-0.15, -0.1) is 0 Å². The maximum absolute atomic E-state index is 14.1. The van der Waals surface area contributed by atoms with Crippen LogP contribution in [0, 0.1) is 28.7 Å². The van der Waals surface area contributed by atoms with Gasteiger partial charge in [0.1, 0.15) is 18.6 Å². The number of hydrazine groups is 1. The Morgan fingerprint density at radius 1 is 0.900 bits per heavy atom. The van der Waals surface area contributed by atoms with Crippen molar-refractivity contribution in [3.05, 3.63) is 94.0 Å². The molecular weight excluding hydrogens is 690 g/mol. The van der Waals surface area contributed by atoms with Gasteiger partial charge in [0.05, 0.1) is 17.3 Å². The highest BCUT2D eigenvalue weighted by molar-refractivity contribution is 6.33. The minimum absolute atomic E-state index is 0.0617. The summed E-state index contributed by atoms with van der Waals surface area (Å²) in [5.74, 6) is -14.0. The normalized spacial score (nSPS) is 12.3. The zero-order chi connectivity index (χ0) is 37.3. The van der Waals surface area contributed by atoms with Crippen molar-refractivity contribution < 1.29 is 51.0 Å². The predicted octanol–water partition coefficient (Wildman–Crippen LogP) is 3.98. The van der Waals surface area contributed by atoms with Crippen molar-refractivity contribution in [3.8, 4) is 5.75 Å². The Balaban J connectivity index is 1.90. The number of anilines is 1. The maximum Gasteiger partial charge on any atom is 0.327 e. The number of ether oxygens (including phenoxy) is 2. The average molecular weight is 724 g/mol. The molecule has 3 aromatic carbocycles. The third-order valence-electron chi connectivity index (χ3n) is 6.90. The van der Waals surface area contributed by atoms with E-state index in [0.29, 0.717) is 5.01 Å². The summed E-state index contributed by atoms with van der Waals surface area (Å²) in [6.45, 7) is 4.03. The fourth-order valence-electron chi connectivity index (χ4n) is 4.34. The van der Waals surface area contributed by atoms with Gasteiger partial charge in [-0.05, 0) is 36.1 Å². The number of hydrogen-bond acceptors (Lipinski definition) is 8. The molecule has 4 amide bonds. The third kappa shape index (κ3) is 10.1. The monoisotopic (exact) mass is 723 g/mol. The number of carbonyl (C=O) groups excluding carboxylic acids is 5. The van der Waals surface area contributed by atoms with Crippen molar-refractivity contribution in [2.75, 3.05) is 25.5 Å². The molecule has 0 saturated heterocycles. The lowest BCUT2D eigenvalue weighted by Gasteiger charge is -2.32. The summed E-state index contributed by atoms with van der Waals surface area (Å²) >= 11 is 6.05. The molecule has 0 saturated carbocycles. The van der Waals surface area contributed by atoms with Gasteiger partial charge >= 0.3 is 5.97 Å². The molecule has 2 atom stereocenters. The number of benzene rings is 3. The van der Waals surface area contributed by atoms with Crippen LogP contribution in [0.1, 0.15) is 49.7 Å².